The minimum atomic E-state index is -0.730. The molecule has 0 bridgehead atoms. The number of hydrogen-bond acceptors (Lipinski definition) is 2. The van der Waals surface area contributed by atoms with Crippen LogP contribution in [0.2, 0.25) is 0 Å². The summed E-state index contributed by atoms with van der Waals surface area (Å²) < 4.78 is 14.1. The predicted molar refractivity (Wildman–Crippen MR) is 74.4 cm³/mol. The molecule has 0 saturated carbocycles. The van der Waals surface area contributed by atoms with E-state index in [1.165, 1.54) is 6.07 Å². The summed E-state index contributed by atoms with van der Waals surface area (Å²) in [5, 5.41) is 8.68. The van der Waals surface area contributed by atoms with Gasteiger partial charge in [-0.3, -0.25) is 9.69 Å². The van der Waals surface area contributed by atoms with E-state index in [0.717, 1.165) is 36.0 Å². The van der Waals surface area contributed by atoms with Crippen molar-refractivity contribution >= 4 is 21.9 Å². The van der Waals surface area contributed by atoms with Gasteiger partial charge in [0.25, 0.3) is 0 Å². The third kappa shape index (κ3) is 4.28. The van der Waals surface area contributed by atoms with Crippen molar-refractivity contribution in [2.75, 3.05) is 13.1 Å². The second kappa shape index (κ2) is 6.48. The number of likely N-dealkylation sites (tertiary alicyclic amines) is 1. The van der Waals surface area contributed by atoms with Crippen molar-refractivity contribution in [2.45, 2.75) is 25.8 Å². The van der Waals surface area contributed by atoms with E-state index in [2.05, 4.69) is 20.8 Å². The van der Waals surface area contributed by atoms with Gasteiger partial charge in [0.2, 0.25) is 0 Å². The van der Waals surface area contributed by atoms with Crippen LogP contribution < -0.4 is 0 Å². The van der Waals surface area contributed by atoms with Crippen molar-refractivity contribution in [2.24, 2.45) is 5.92 Å². The second-order valence-corrected chi connectivity index (χ2v) is 5.91. The molecule has 1 N–H and O–H groups in total. The van der Waals surface area contributed by atoms with Crippen molar-refractivity contribution in [1.82, 2.24) is 4.90 Å². The summed E-state index contributed by atoms with van der Waals surface area (Å²) in [6, 6.07) is 4.71. The topological polar surface area (TPSA) is 40.5 Å². The standard InChI is InChI=1S/C14H17BrFNO2/c15-13-3-2-12(16)7-11(13)9-17-6-5-10(8-17)1-4-14(18)19/h2-3,7,10H,1,4-6,8-9H2,(H,18,19). The fourth-order valence-electron chi connectivity index (χ4n) is 2.53. The number of nitrogens with zero attached hydrogens (tertiary/aromatic N) is 1. The van der Waals surface area contributed by atoms with E-state index >= 15 is 0 Å². The Balaban J connectivity index is 1.87. The zero-order valence-corrected chi connectivity index (χ0v) is 12.2. The first-order valence-electron chi connectivity index (χ1n) is 6.42. The van der Waals surface area contributed by atoms with Gasteiger partial charge in [0.05, 0.1) is 0 Å². The van der Waals surface area contributed by atoms with Crippen LogP contribution in [0, 0.1) is 11.7 Å². The van der Waals surface area contributed by atoms with E-state index in [0.29, 0.717) is 12.5 Å². The Hall–Kier alpha value is -0.940. The molecular formula is C14H17BrFNO2. The van der Waals surface area contributed by atoms with Crippen molar-refractivity contribution in [3.8, 4) is 0 Å². The Morgan fingerprint density at radius 3 is 3.05 bits per heavy atom. The Morgan fingerprint density at radius 2 is 2.32 bits per heavy atom. The van der Waals surface area contributed by atoms with Gasteiger partial charge >= 0.3 is 5.97 Å². The number of carboxylic acids is 1. The van der Waals surface area contributed by atoms with Gasteiger partial charge in [-0.2, -0.15) is 0 Å². The minimum Gasteiger partial charge on any atom is -0.481 e. The maximum absolute atomic E-state index is 13.2. The zero-order valence-electron chi connectivity index (χ0n) is 10.6. The van der Waals surface area contributed by atoms with Crippen LogP contribution in [-0.2, 0) is 11.3 Å². The molecule has 1 aliphatic rings. The maximum atomic E-state index is 13.2. The van der Waals surface area contributed by atoms with Gasteiger partial charge in [-0.25, -0.2) is 4.39 Å². The Kier molecular flexibility index (Phi) is 4.93. The Morgan fingerprint density at radius 1 is 1.53 bits per heavy atom. The van der Waals surface area contributed by atoms with Gasteiger partial charge in [-0.15, -0.1) is 0 Å². The van der Waals surface area contributed by atoms with E-state index in [-0.39, 0.29) is 12.2 Å². The number of carboxylic acid groups (broad SMARTS) is 1. The third-order valence-corrected chi connectivity index (χ3v) is 4.31. The molecular weight excluding hydrogens is 313 g/mol. The third-order valence-electron chi connectivity index (χ3n) is 3.54. The number of rotatable bonds is 5. The summed E-state index contributed by atoms with van der Waals surface area (Å²) in [5.41, 5.74) is 0.943. The lowest BCUT2D eigenvalue weighted by Gasteiger charge is -2.17. The highest BCUT2D eigenvalue weighted by molar-refractivity contribution is 9.10. The number of aliphatic carboxylic acids is 1. The van der Waals surface area contributed by atoms with E-state index in [9.17, 15) is 9.18 Å². The van der Waals surface area contributed by atoms with E-state index in [1.807, 2.05) is 0 Å². The molecule has 19 heavy (non-hydrogen) atoms. The van der Waals surface area contributed by atoms with E-state index < -0.39 is 5.97 Å². The van der Waals surface area contributed by atoms with Crippen molar-refractivity contribution < 1.29 is 14.3 Å². The van der Waals surface area contributed by atoms with Gasteiger partial charge in [0, 0.05) is 24.0 Å². The number of halogens is 2. The smallest absolute Gasteiger partial charge is 0.303 e. The molecule has 1 aromatic rings. The quantitative estimate of drug-likeness (QED) is 0.901. The lowest BCUT2D eigenvalue weighted by Crippen LogP contribution is -2.20. The molecule has 2 rings (SSSR count). The molecule has 1 saturated heterocycles. The maximum Gasteiger partial charge on any atom is 0.303 e. The molecule has 1 aromatic carbocycles. The van der Waals surface area contributed by atoms with Gasteiger partial charge in [-0.1, -0.05) is 15.9 Å². The van der Waals surface area contributed by atoms with Crippen LogP contribution in [0.3, 0.4) is 0 Å². The number of carbonyl (C=O) groups is 1. The van der Waals surface area contributed by atoms with Crippen molar-refractivity contribution in [3.63, 3.8) is 0 Å². The van der Waals surface area contributed by atoms with Crippen LogP contribution >= 0.6 is 15.9 Å². The average molecular weight is 330 g/mol. The summed E-state index contributed by atoms with van der Waals surface area (Å²) >= 11 is 3.43. The summed E-state index contributed by atoms with van der Waals surface area (Å²) in [6.45, 7) is 2.56. The fourth-order valence-corrected chi connectivity index (χ4v) is 2.90. The Labute approximate surface area is 120 Å². The van der Waals surface area contributed by atoms with Crippen LogP contribution in [0.4, 0.5) is 4.39 Å². The normalized spacial score (nSPS) is 19.8. The molecule has 1 heterocycles. The summed E-state index contributed by atoms with van der Waals surface area (Å²) in [7, 11) is 0. The summed E-state index contributed by atoms with van der Waals surface area (Å²) in [4.78, 5) is 12.8. The first kappa shape index (κ1) is 14.5. The molecule has 1 atom stereocenters. The summed E-state index contributed by atoms with van der Waals surface area (Å²) in [5.74, 6) is -0.505. The van der Waals surface area contributed by atoms with Gasteiger partial charge in [0.1, 0.15) is 5.82 Å². The van der Waals surface area contributed by atoms with Crippen LogP contribution in [0.25, 0.3) is 0 Å². The van der Waals surface area contributed by atoms with Crippen LogP contribution in [0.15, 0.2) is 22.7 Å². The highest BCUT2D eigenvalue weighted by atomic mass is 79.9. The van der Waals surface area contributed by atoms with Gasteiger partial charge in [0.15, 0.2) is 0 Å². The van der Waals surface area contributed by atoms with Gasteiger partial charge < -0.3 is 5.11 Å². The van der Waals surface area contributed by atoms with Crippen LogP contribution in [-0.4, -0.2) is 29.1 Å². The highest BCUT2D eigenvalue weighted by Gasteiger charge is 2.23. The molecule has 104 valence electrons. The van der Waals surface area contributed by atoms with E-state index in [1.54, 1.807) is 12.1 Å². The molecule has 1 aliphatic heterocycles. The molecule has 3 nitrogen and oxygen atoms in total. The minimum absolute atomic E-state index is 0.222. The van der Waals surface area contributed by atoms with Crippen molar-refractivity contribution in [1.29, 1.82) is 0 Å². The van der Waals surface area contributed by atoms with Crippen LogP contribution in [0.1, 0.15) is 24.8 Å². The molecule has 0 spiro atoms. The van der Waals surface area contributed by atoms with Gasteiger partial charge in [-0.05, 0) is 49.1 Å². The van der Waals surface area contributed by atoms with E-state index in [4.69, 9.17) is 5.11 Å². The molecule has 0 aliphatic carbocycles. The predicted octanol–water partition coefficient (Wildman–Crippen LogP) is 3.27. The average Bonchev–Trinajstić information content (AvgIpc) is 2.79. The molecule has 0 radical (unpaired) electrons. The molecule has 5 heteroatoms. The number of hydrogen-bond donors (Lipinski definition) is 1. The molecule has 0 amide bonds. The van der Waals surface area contributed by atoms with Crippen molar-refractivity contribution in [3.05, 3.63) is 34.1 Å². The SMILES string of the molecule is O=C(O)CCC1CCN(Cc2cc(F)ccc2Br)C1. The Bertz CT molecular complexity index is 467. The highest BCUT2D eigenvalue weighted by Crippen LogP contribution is 2.25. The second-order valence-electron chi connectivity index (χ2n) is 5.06. The lowest BCUT2D eigenvalue weighted by atomic mass is 10.0. The van der Waals surface area contributed by atoms with Crippen LogP contribution in [0.5, 0.6) is 0 Å². The largest absolute Gasteiger partial charge is 0.481 e. The zero-order chi connectivity index (χ0) is 13.8. The first-order chi connectivity index (χ1) is 9.04. The summed E-state index contributed by atoms with van der Waals surface area (Å²) in [6.07, 6.45) is 2.00. The molecule has 1 unspecified atom stereocenters. The molecule has 1 fully saturated rings. The molecule has 0 aromatic heterocycles. The fraction of sp³-hybridized carbons (Fsp3) is 0.500. The lowest BCUT2D eigenvalue weighted by molar-refractivity contribution is -0.137. The number of benzene rings is 1. The first-order valence-corrected chi connectivity index (χ1v) is 7.22. The monoisotopic (exact) mass is 329 g/mol.